The van der Waals surface area contributed by atoms with Crippen LogP contribution in [0.25, 0.3) is 0 Å². The van der Waals surface area contributed by atoms with Gasteiger partial charge in [-0.2, -0.15) is 0 Å². The van der Waals surface area contributed by atoms with Gasteiger partial charge in [-0.25, -0.2) is 0 Å². The van der Waals surface area contributed by atoms with E-state index in [1.54, 1.807) is 14.1 Å². The highest BCUT2D eigenvalue weighted by Gasteiger charge is 2.69. The Morgan fingerprint density at radius 1 is 1.16 bits per heavy atom. The molecule has 5 N–H and O–H groups in total. The molecular formula is C27H31N3O8. The zero-order chi connectivity index (χ0) is 27.4. The quantitative estimate of drug-likeness (QED) is 0.362. The molecule has 9 atom stereocenters. The number of phenolic OH excluding ortho intramolecular Hbond substituents is 1. The minimum Gasteiger partial charge on any atom is -0.507 e. The number of hydrogen-bond donors (Lipinski definition) is 4. The van der Waals surface area contributed by atoms with Crippen LogP contribution in [0.15, 0.2) is 6.07 Å². The normalized spacial score (nSPS) is 39.4. The third-order valence-corrected chi connectivity index (χ3v) is 9.58. The number of likely N-dealkylation sites (N-methyl/N-ethyl adjacent to an activating group) is 1. The van der Waals surface area contributed by atoms with Crippen LogP contribution >= 0.6 is 0 Å². The molecule has 11 nitrogen and oxygen atoms in total. The first kappa shape index (κ1) is 25.1. The number of benzene rings is 1. The van der Waals surface area contributed by atoms with E-state index < -0.39 is 64.4 Å². The summed E-state index contributed by atoms with van der Waals surface area (Å²) in [5.74, 6) is -9.05. The first-order chi connectivity index (χ1) is 17.9. The van der Waals surface area contributed by atoms with Crippen LogP contribution in [0.1, 0.15) is 40.4 Å². The number of fused-ring (bicyclic) bond motifs is 4. The Balaban J connectivity index is 1.47. The van der Waals surface area contributed by atoms with Gasteiger partial charge in [0.25, 0.3) is 0 Å². The van der Waals surface area contributed by atoms with Crippen molar-refractivity contribution in [1.29, 1.82) is 0 Å². The smallest absolute Gasteiger partial charge is 0.235 e. The fourth-order valence-electron chi connectivity index (χ4n) is 7.84. The van der Waals surface area contributed by atoms with E-state index in [1.165, 1.54) is 18.1 Å². The van der Waals surface area contributed by atoms with E-state index in [0.717, 1.165) is 18.5 Å². The van der Waals surface area contributed by atoms with E-state index in [0.29, 0.717) is 23.1 Å². The van der Waals surface area contributed by atoms with Crippen molar-refractivity contribution in [3.05, 3.63) is 22.8 Å². The third-order valence-electron chi connectivity index (χ3n) is 9.58. The van der Waals surface area contributed by atoms with Crippen LogP contribution in [0.3, 0.4) is 0 Å². The van der Waals surface area contributed by atoms with E-state index in [-0.39, 0.29) is 30.2 Å². The molecule has 202 valence electrons. The van der Waals surface area contributed by atoms with E-state index in [2.05, 4.69) is 5.32 Å². The molecule has 1 saturated heterocycles. The predicted octanol–water partition coefficient (Wildman–Crippen LogP) is -0.844. The number of carbonyl (C=O) groups is 5. The number of hydrogen-bond acceptors (Lipinski definition) is 10. The van der Waals surface area contributed by atoms with Gasteiger partial charge in [0.05, 0.1) is 24.6 Å². The highest BCUT2D eigenvalue weighted by Crippen LogP contribution is 2.56. The van der Waals surface area contributed by atoms with Gasteiger partial charge in [0.15, 0.2) is 34.7 Å². The van der Waals surface area contributed by atoms with E-state index in [1.807, 2.05) is 0 Å². The second kappa shape index (κ2) is 8.17. The standard InChI is InChI=1S/C27H31N3O8/c1-30(2)20-14-6-9-4-12-17(15(31)7-13(23(12)38-3)19-11-5-10(11)8-29-19)21(32)16(9)24(34)27(14,37)25(35)18(22(20)33)26(28)36/h7,9-11,14,16,18-20,29,31,37H,4-6,8H2,1-3H3,(H2,28,36). The lowest BCUT2D eigenvalue weighted by Gasteiger charge is -2.52. The number of nitrogens with one attached hydrogen (secondary N) is 1. The monoisotopic (exact) mass is 525 g/mol. The summed E-state index contributed by atoms with van der Waals surface area (Å²) < 4.78 is 5.79. The van der Waals surface area contributed by atoms with Crippen molar-refractivity contribution in [2.75, 3.05) is 27.7 Å². The Bertz CT molecular complexity index is 1320. The molecule has 4 fully saturated rings. The van der Waals surface area contributed by atoms with Gasteiger partial charge in [-0.15, -0.1) is 0 Å². The number of piperidine rings is 1. The summed E-state index contributed by atoms with van der Waals surface area (Å²) in [5.41, 5.74) is 3.81. The Morgan fingerprint density at radius 3 is 2.42 bits per heavy atom. The summed E-state index contributed by atoms with van der Waals surface area (Å²) in [7, 11) is 4.62. The lowest BCUT2D eigenvalue weighted by molar-refractivity contribution is -0.181. The Morgan fingerprint density at radius 2 is 1.87 bits per heavy atom. The predicted molar refractivity (Wildman–Crippen MR) is 130 cm³/mol. The molecule has 1 aromatic carbocycles. The van der Waals surface area contributed by atoms with Crippen LogP contribution in [-0.2, 0) is 25.6 Å². The molecule has 1 aromatic rings. The first-order valence-corrected chi connectivity index (χ1v) is 12.9. The lowest BCUT2D eigenvalue weighted by Crippen LogP contribution is -2.74. The van der Waals surface area contributed by atoms with Gasteiger partial charge in [-0.05, 0) is 63.7 Å². The van der Waals surface area contributed by atoms with Crippen molar-refractivity contribution < 1.29 is 38.9 Å². The average molecular weight is 526 g/mol. The number of rotatable bonds is 4. The molecule has 0 radical (unpaired) electrons. The Kier molecular flexibility index (Phi) is 5.41. The number of primary amides is 1. The number of ketones is 4. The highest BCUT2D eigenvalue weighted by atomic mass is 16.5. The van der Waals surface area contributed by atoms with Gasteiger partial charge in [-0.1, -0.05) is 0 Å². The third kappa shape index (κ3) is 3.09. The second-order valence-electron chi connectivity index (χ2n) is 11.7. The highest BCUT2D eigenvalue weighted by molar-refractivity contribution is 6.32. The van der Waals surface area contributed by atoms with Gasteiger partial charge in [0, 0.05) is 23.1 Å². The Hall–Kier alpha value is -3.15. The molecule has 11 heteroatoms. The molecule has 0 aromatic heterocycles. The number of nitrogens with zero attached hydrogens (tertiary/aromatic N) is 1. The van der Waals surface area contributed by atoms with Crippen molar-refractivity contribution in [2.24, 2.45) is 41.2 Å². The molecule has 0 bridgehead atoms. The zero-order valence-corrected chi connectivity index (χ0v) is 21.4. The minimum absolute atomic E-state index is 0.00438. The van der Waals surface area contributed by atoms with Crippen LogP contribution in [0.4, 0.5) is 0 Å². The van der Waals surface area contributed by atoms with Crippen molar-refractivity contribution >= 4 is 29.0 Å². The number of Topliss-reactive ketones (excluding diaryl/α,β-unsaturated/α-hetero) is 4. The summed E-state index contributed by atoms with van der Waals surface area (Å²) >= 11 is 0. The number of aliphatic hydroxyl groups is 1. The largest absolute Gasteiger partial charge is 0.507 e. The number of amides is 1. The number of phenols is 1. The molecule has 38 heavy (non-hydrogen) atoms. The molecule has 1 aliphatic heterocycles. The molecule has 9 unspecified atom stereocenters. The summed E-state index contributed by atoms with van der Waals surface area (Å²) in [6.07, 6.45) is 1.26. The van der Waals surface area contributed by atoms with Gasteiger partial charge in [0.1, 0.15) is 11.5 Å². The number of methoxy groups -OCH3 is 1. The number of ether oxygens (including phenoxy) is 1. The molecule has 6 rings (SSSR count). The maximum Gasteiger partial charge on any atom is 0.235 e. The van der Waals surface area contributed by atoms with Crippen molar-refractivity contribution in [3.8, 4) is 11.5 Å². The summed E-state index contributed by atoms with van der Waals surface area (Å²) in [5, 5.41) is 26.1. The fraction of sp³-hybridized carbons (Fsp3) is 0.593. The van der Waals surface area contributed by atoms with Gasteiger partial charge in [-0.3, -0.25) is 28.9 Å². The van der Waals surface area contributed by atoms with Crippen LogP contribution in [0.5, 0.6) is 11.5 Å². The molecule has 5 aliphatic rings. The summed E-state index contributed by atoms with van der Waals surface area (Å²) in [4.78, 5) is 67.8. The van der Waals surface area contributed by atoms with Crippen LogP contribution in [0, 0.1) is 35.5 Å². The van der Waals surface area contributed by atoms with Crippen molar-refractivity contribution in [2.45, 2.75) is 36.9 Å². The molecular weight excluding hydrogens is 494 g/mol. The van der Waals surface area contributed by atoms with Gasteiger partial charge >= 0.3 is 0 Å². The minimum atomic E-state index is -2.73. The topological polar surface area (TPSA) is 176 Å². The number of aromatic hydroxyl groups is 1. The number of carbonyl (C=O) groups excluding carboxylic acids is 5. The van der Waals surface area contributed by atoms with Crippen molar-refractivity contribution in [1.82, 2.24) is 10.2 Å². The van der Waals surface area contributed by atoms with E-state index in [9.17, 15) is 34.2 Å². The lowest BCUT2D eigenvalue weighted by atomic mass is 9.52. The molecule has 4 aliphatic carbocycles. The SMILES string of the molecule is COc1c(C2NCC3CC32)cc(O)c2c1CC1CC3C(N(C)C)C(=O)C(C(N)=O)C(=O)C3(O)C(=O)C1C2=O. The average Bonchev–Trinajstić information content (AvgIpc) is 3.50. The van der Waals surface area contributed by atoms with Crippen molar-refractivity contribution in [3.63, 3.8) is 0 Å². The first-order valence-electron chi connectivity index (χ1n) is 12.9. The maximum atomic E-state index is 13.9. The second-order valence-corrected chi connectivity index (χ2v) is 11.7. The summed E-state index contributed by atoms with van der Waals surface area (Å²) in [6.45, 7) is 0.870. The van der Waals surface area contributed by atoms with Crippen LogP contribution < -0.4 is 15.8 Å². The maximum absolute atomic E-state index is 13.9. The van der Waals surface area contributed by atoms with E-state index >= 15 is 0 Å². The Labute approximate surface area is 218 Å². The zero-order valence-electron chi connectivity index (χ0n) is 21.4. The fourth-order valence-corrected chi connectivity index (χ4v) is 7.84. The molecule has 0 spiro atoms. The molecule has 3 saturated carbocycles. The van der Waals surface area contributed by atoms with Crippen LogP contribution in [-0.4, -0.2) is 83.5 Å². The van der Waals surface area contributed by atoms with Gasteiger partial charge < -0.3 is 26.0 Å². The van der Waals surface area contributed by atoms with Gasteiger partial charge in [0.2, 0.25) is 5.91 Å². The molecule has 1 amide bonds. The molecule has 1 heterocycles. The van der Waals surface area contributed by atoms with E-state index in [4.69, 9.17) is 10.5 Å². The van der Waals surface area contributed by atoms with Crippen LogP contribution in [0.2, 0.25) is 0 Å². The number of nitrogens with two attached hydrogens (primary N) is 1. The summed E-state index contributed by atoms with van der Waals surface area (Å²) in [6, 6.07) is 0.358.